The molecule has 1 heterocycles. The molecule has 0 atom stereocenters. The first kappa shape index (κ1) is 9.21. The highest BCUT2D eigenvalue weighted by Gasteiger charge is 2.05. The minimum absolute atomic E-state index is 0.110. The van der Waals surface area contributed by atoms with Gasteiger partial charge in [0.1, 0.15) is 12.1 Å². The van der Waals surface area contributed by atoms with E-state index in [9.17, 15) is 4.79 Å². The van der Waals surface area contributed by atoms with Crippen molar-refractivity contribution in [3.8, 4) is 0 Å². The van der Waals surface area contributed by atoms with Crippen molar-refractivity contribution in [3.63, 3.8) is 0 Å². The van der Waals surface area contributed by atoms with Crippen LogP contribution >= 0.6 is 15.9 Å². The van der Waals surface area contributed by atoms with Crippen LogP contribution in [-0.2, 0) is 11.3 Å². The molecule has 0 aliphatic heterocycles. The third kappa shape index (κ3) is 1.63. The van der Waals surface area contributed by atoms with Crippen LogP contribution in [0.25, 0.3) is 10.9 Å². The van der Waals surface area contributed by atoms with Gasteiger partial charge in [-0.2, -0.15) is 5.10 Å². The number of benzene rings is 1. The van der Waals surface area contributed by atoms with E-state index < -0.39 is 5.97 Å². The number of fused-ring (bicyclic) bond motifs is 1. The van der Waals surface area contributed by atoms with Gasteiger partial charge >= 0.3 is 5.97 Å². The van der Waals surface area contributed by atoms with E-state index >= 15 is 0 Å². The molecule has 1 N–H and O–H groups in total. The third-order valence-corrected chi connectivity index (χ3v) is 2.47. The van der Waals surface area contributed by atoms with Crippen LogP contribution in [0.4, 0.5) is 0 Å². The number of aromatic nitrogens is 2. The molecule has 0 amide bonds. The maximum Gasteiger partial charge on any atom is 0.325 e. The fourth-order valence-corrected chi connectivity index (χ4v) is 1.74. The second kappa shape index (κ2) is 3.42. The lowest BCUT2D eigenvalue weighted by molar-refractivity contribution is -0.137. The van der Waals surface area contributed by atoms with Gasteiger partial charge in [0.25, 0.3) is 0 Å². The topological polar surface area (TPSA) is 55.1 Å². The Labute approximate surface area is 88.3 Å². The molecule has 0 fully saturated rings. The number of aliphatic carboxylic acids is 1. The SMILES string of the molecule is O=C(O)Cn1cc2cccc(Br)c2n1. The van der Waals surface area contributed by atoms with E-state index in [1.54, 1.807) is 6.20 Å². The zero-order chi connectivity index (χ0) is 10.1. The summed E-state index contributed by atoms with van der Waals surface area (Å²) in [6.07, 6.45) is 1.72. The van der Waals surface area contributed by atoms with Gasteiger partial charge < -0.3 is 5.11 Å². The van der Waals surface area contributed by atoms with Crippen molar-refractivity contribution < 1.29 is 9.90 Å². The lowest BCUT2D eigenvalue weighted by atomic mass is 10.3. The quantitative estimate of drug-likeness (QED) is 0.891. The Morgan fingerprint density at radius 3 is 3.00 bits per heavy atom. The molecule has 0 saturated heterocycles. The van der Waals surface area contributed by atoms with Gasteiger partial charge in [0.2, 0.25) is 0 Å². The molecule has 0 aliphatic rings. The Bertz CT molecular complexity index is 493. The smallest absolute Gasteiger partial charge is 0.325 e. The molecule has 1 aromatic carbocycles. The van der Waals surface area contributed by atoms with Crippen LogP contribution < -0.4 is 0 Å². The van der Waals surface area contributed by atoms with Crippen molar-refractivity contribution in [2.45, 2.75) is 6.54 Å². The molecule has 4 nitrogen and oxygen atoms in total. The van der Waals surface area contributed by atoms with Crippen LogP contribution in [0.5, 0.6) is 0 Å². The largest absolute Gasteiger partial charge is 0.480 e. The van der Waals surface area contributed by atoms with Crippen molar-refractivity contribution in [2.24, 2.45) is 0 Å². The fourth-order valence-electron chi connectivity index (χ4n) is 1.28. The second-order valence-electron chi connectivity index (χ2n) is 2.90. The van der Waals surface area contributed by atoms with Crippen molar-refractivity contribution in [1.82, 2.24) is 9.78 Å². The van der Waals surface area contributed by atoms with E-state index in [2.05, 4.69) is 21.0 Å². The molecule has 0 aliphatic carbocycles. The highest BCUT2D eigenvalue weighted by molar-refractivity contribution is 9.10. The number of carbonyl (C=O) groups is 1. The van der Waals surface area contributed by atoms with Gasteiger partial charge in [-0.05, 0) is 22.0 Å². The summed E-state index contributed by atoms with van der Waals surface area (Å²) in [7, 11) is 0. The zero-order valence-corrected chi connectivity index (χ0v) is 8.73. The Morgan fingerprint density at radius 2 is 2.36 bits per heavy atom. The molecule has 14 heavy (non-hydrogen) atoms. The highest BCUT2D eigenvalue weighted by atomic mass is 79.9. The lowest BCUT2D eigenvalue weighted by Gasteiger charge is -1.92. The number of nitrogens with zero attached hydrogens (tertiary/aromatic N) is 2. The third-order valence-electron chi connectivity index (χ3n) is 1.83. The summed E-state index contributed by atoms with van der Waals surface area (Å²) in [6, 6.07) is 5.66. The van der Waals surface area contributed by atoms with Crippen LogP contribution in [0.2, 0.25) is 0 Å². The van der Waals surface area contributed by atoms with Crippen molar-refractivity contribution >= 4 is 32.8 Å². The van der Waals surface area contributed by atoms with Crippen LogP contribution in [-0.4, -0.2) is 20.9 Å². The normalized spacial score (nSPS) is 10.6. The predicted molar refractivity (Wildman–Crippen MR) is 55.1 cm³/mol. The summed E-state index contributed by atoms with van der Waals surface area (Å²) in [5.74, 6) is -0.895. The number of carboxylic acid groups (broad SMARTS) is 1. The summed E-state index contributed by atoms with van der Waals surface area (Å²) in [5, 5.41) is 13.7. The van der Waals surface area contributed by atoms with Gasteiger partial charge in [0.15, 0.2) is 0 Å². The summed E-state index contributed by atoms with van der Waals surface area (Å²) >= 11 is 3.35. The van der Waals surface area contributed by atoms with E-state index in [1.165, 1.54) is 4.68 Å². The lowest BCUT2D eigenvalue weighted by Crippen LogP contribution is -2.08. The molecule has 2 rings (SSSR count). The van der Waals surface area contributed by atoms with Crippen LogP contribution in [0.1, 0.15) is 0 Å². The van der Waals surface area contributed by atoms with E-state index in [1.807, 2.05) is 18.2 Å². The average molecular weight is 255 g/mol. The van der Waals surface area contributed by atoms with Crippen LogP contribution in [0, 0.1) is 0 Å². The second-order valence-corrected chi connectivity index (χ2v) is 3.75. The van der Waals surface area contributed by atoms with Crippen molar-refractivity contribution in [1.29, 1.82) is 0 Å². The number of rotatable bonds is 2. The van der Waals surface area contributed by atoms with Crippen LogP contribution in [0.3, 0.4) is 0 Å². The first-order valence-corrected chi connectivity index (χ1v) is 4.79. The summed E-state index contributed by atoms with van der Waals surface area (Å²) in [6.45, 7) is -0.110. The Kier molecular flexibility index (Phi) is 2.25. The minimum Gasteiger partial charge on any atom is -0.480 e. The molecule has 0 spiro atoms. The molecular formula is C9H7BrN2O2. The predicted octanol–water partition coefficient (Wildman–Crippen LogP) is 1.88. The Balaban J connectivity index is 2.51. The monoisotopic (exact) mass is 254 g/mol. The number of hydrogen-bond acceptors (Lipinski definition) is 2. The molecule has 5 heteroatoms. The minimum atomic E-state index is -0.895. The molecule has 0 radical (unpaired) electrons. The molecule has 2 aromatic rings. The first-order chi connectivity index (χ1) is 6.66. The molecule has 72 valence electrons. The van der Waals surface area contributed by atoms with Gasteiger partial charge in [0, 0.05) is 16.1 Å². The zero-order valence-electron chi connectivity index (χ0n) is 7.14. The van der Waals surface area contributed by atoms with Crippen molar-refractivity contribution in [2.75, 3.05) is 0 Å². The Hall–Kier alpha value is -1.36. The summed E-state index contributed by atoms with van der Waals surface area (Å²) in [4.78, 5) is 10.5. The van der Waals surface area contributed by atoms with Gasteiger partial charge in [0.05, 0.1) is 0 Å². The van der Waals surface area contributed by atoms with E-state index in [0.29, 0.717) is 0 Å². The number of halogens is 1. The number of carboxylic acids is 1. The fraction of sp³-hybridized carbons (Fsp3) is 0.111. The van der Waals surface area contributed by atoms with E-state index in [4.69, 9.17) is 5.11 Å². The molecular weight excluding hydrogens is 248 g/mol. The molecule has 0 bridgehead atoms. The maximum atomic E-state index is 10.5. The molecule has 0 saturated carbocycles. The summed E-state index contributed by atoms with van der Waals surface area (Å²) in [5.41, 5.74) is 0.786. The average Bonchev–Trinajstić information content (AvgIpc) is 2.47. The number of hydrogen-bond donors (Lipinski definition) is 1. The first-order valence-electron chi connectivity index (χ1n) is 4.00. The molecule has 0 unspecified atom stereocenters. The van der Waals surface area contributed by atoms with Crippen molar-refractivity contribution in [3.05, 3.63) is 28.9 Å². The Morgan fingerprint density at radius 1 is 1.57 bits per heavy atom. The van der Waals surface area contributed by atoms with E-state index in [-0.39, 0.29) is 6.54 Å². The van der Waals surface area contributed by atoms with Gasteiger partial charge in [-0.25, -0.2) is 0 Å². The standard InChI is InChI=1S/C9H7BrN2O2/c10-7-3-1-2-6-4-12(5-8(13)14)11-9(6)7/h1-4H,5H2,(H,13,14). The van der Waals surface area contributed by atoms with Gasteiger partial charge in [-0.15, -0.1) is 0 Å². The van der Waals surface area contributed by atoms with E-state index in [0.717, 1.165) is 15.4 Å². The molecule has 1 aromatic heterocycles. The summed E-state index contributed by atoms with van der Waals surface area (Å²) < 4.78 is 2.29. The van der Waals surface area contributed by atoms with Crippen LogP contribution in [0.15, 0.2) is 28.9 Å². The highest BCUT2D eigenvalue weighted by Crippen LogP contribution is 2.21. The van der Waals surface area contributed by atoms with Gasteiger partial charge in [-0.1, -0.05) is 12.1 Å². The maximum absolute atomic E-state index is 10.5. The van der Waals surface area contributed by atoms with Gasteiger partial charge in [-0.3, -0.25) is 9.48 Å².